The fourth-order valence-electron chi connectivity index (χ4n) is 2.03. The van der Waals surface area contributed by atoms with E-state index in [1.165, 1.54) is 12.4 Å². The van der Waals surface area contributed by atoms with Crippen LogP contribution in [0.4, 0.5) is 0 Å². The maximum absolute atomic E-state index is 11.6. The monoisotopic (exact) mass is 226 g/mol. The zero-order chi connectivity index (χ0) is 11.8. The second kappa shape index (κ2) is 3.52. The van der Waals surface area contributed by atoms with E-state index in [-0.39, 0.29) is 5.82 Å². The zero-order valence-corrected chi connectivity index (χ0v) is 8.95. The van der Waals surface area contributed by atoms with Crippen molar-refractivity contribution in [2.45, 2.75) is 0 Å². The van der Waals surface area contributed by atoms with Gasteiger partial charge in [0.15, 0.2) is 6.20 Å². The van der Waals surface area contributed by atoms with Crippen LogP contribution in [0.5, 0.6) is 0 Å². The van der Waals surface area contributed by atoms with Crippen LogP contribution >= 0.6 is 0 Å². The number of hydrogen-bond donors (Lipinski definition) is 1. The Morgan fingerprint density at radius 2 is 1.82 bits per heavy atom. The predicted molar refractivity (Wildman–Crippen MR) is 63.5 cm³/mol. The Bertz CT molecular complexity index is 664. The van der Waals surface area contributed by atoms with E-state index in [0.717, 1.165) is 15.5 Å². The highest BCUT2D eigenvalue weighted by molar-refractivity contribution is 5.94. The molecule has 17 heavy (non-hydrogen) atoms. The molecule has 2 aromatic carbocycles. The lowest BCUT2D eigenvalue weighted by Gasteiger charge is -2.05. The molecule has 0 saturated carbocycles. The number of aromatic nitrogens is 2. The summed E-state index contributed by atoms with van der Waals surface area (Å²) < 4.78 is 1.50. The Morgan fingerprint density at radius 3 is 2.59 bits per heavy atom. The highest BCUT2D eigenvalue weighted by Gasteiger charge is 2.17. The lowest BCUT2D eigenvalue weighted by atomic mass is 10.0. The van der Waals surface area contributed by atoms with Gasteiger partial charge in [-0.15, -0.1) is 0 Å². The number of hydrogen-bond acceptors (Lipinski definition) is 2. The Balaban J connectivity index is 2.38. The van der Waals surface area contributed by atoms with E-state index in [1.54, 1.807) is 0 Å². The van der Waals surface area contributed by atoms with Crippen LogP contribution in [0.15, 0.2) is 54.9 Å². The Kier molecular flexibility index (Phi) is 2.01. The third kappa shape index (κ3) is 1.42. The quantitative estimate of drug-likeness (QED) is 0.393. The van der Waals surface area contributed by atoms with Crippen molar-refractivity contribution in [2.75, 3.05) is 0 Å². The maximum Gasteiger partial charge on any atom is 0.331 e. The van der Waals surface area contributed by atoms with Gasteiger partial charge in [0.2, 0.25) is 0 Å². The average molecular weight is 226 g/mol. The lowest BCUT2D eigenvalue weighted by molar-refractivity contribution is -0.593. The zero-order valence-electron chi connectivity index (χ0n) is 8.95. The molecule has 1 N–H and O–H groups in total. The summed E-state index contributed by atoms with van der Waals surface area (Å²) in [6.45, 7) is 0. The van der Waals surface area contributed by atoms with E-state index in [2.05, 4.69) is 0 Å². The third-order valence-corrected chi connectivity index (χ3v) is 2.80. The Morgan fingerprint density at radius 1 is 1.06 bits per heavy atom. The van der Waals surface area contributed by atoms with Gasteiger partial charge in [-0.3, -0.25) is 0 Å². The highest BCUT2D eigenvalue weighted by atomic mass is 16.5. The molecule has 3 rings (SSSR count). The summed E-state index contributed by atoms with van der Waals surface area (Å²) in [5.41, 5.74) is 0.714. The van der Waals surface area contributed by atoms with E-state index in [1.807, 2.05) is 42.5 Å². The van der Waals surface area contributed by atoms with Crippen LogP contribution in [0.3, 0.4) is 0 Å². The Labute approximate surface area is 97.5 Å². The molecule has 0 aliphatic rings. The van der Waals surface area contributed by atoms with Gasteiger partial charge in [0.05, 0.1) is 5.56 Å². The van der Waals surface area contributed by atoms with Gasteiger partial charge in [-0.2, -0.15) is 0 Å². The molecule has 0 aliphatic carbocycles. The molecule has 0 aliphatic heterocycles. The minimum atomic E-state index is 0.224. The van der Waals surface area contributed by atoms with Crippen LogP contribution in [-0.2, 0) is 0 Å². The van der Waals surface area contributed by atoms with Crippen LogP contribution in [0.25, 0.3) is 22.2 Å². The molecule has 84 valence electrons. The molecule has 0 bridgehead atoms. The van der Waals surface area contributed by atoms with Crippen LogP contribution in [0, 0.1) is 5.21 Å². The topological polar surface area (TPSA) is 52.1 Å². The molecular weight excluding hydrogens is 216 g/mol. The van der Waals surface area contributed by atoms with Crippen molar-refractivity contribution in [3.05, 3.63) is 60.1 Å². The predicted octanol–water partition coefficient (Wildman–Crippen LogP) is 2.18. The van der Waals surface area contributed by atoms with E-state index in [9.17, 15) is 10.4 Å². The van der Waals surface area contributed by atoms with Crippen LogP contribution < -0.4 is 4.73 Å². The average Bonchev–Trinajstić information content (AvgIpc) is 2.69. The van der Waals surface area contributed by atoms with Crippen molar-refractivity contribution in [1.29, 1.82) is 0 Å². The van der Waals surface area contributed by atoms with Crippen molar-refractivity contribution in [3.63, 3.8) is 0 Å². The molecular formula is C13H10N2O2. The fraction of sp³-hybridized carbons (Fsp3) is 0. The SMILES string of the molecule is [O-][n+]1ccn(O)c1-c1cccc2ccccc12. The number of benzene rings is 2. The maximum atomic E-state index is 11.6. The number of rotatable bonds is 1. The largest absolute Gasteiger partial charge is 0.710 e. The van der Waals surface area contributed by atoms with Gasteiger partial charge in [0, 0.05) is 0 Å². The molecule has 4 heteroatoms. The van der Waals surface area contributed by atoms with E-state index in [4.69, 9.17) is 0 Å². The molecule has 0 atom stereocenters. The third-order valence-electron chi connectivity index (χ3n) is 2.80. The summed E-state index contributed by atoms with van der Waals surface area (Å²) in [4.78, 5) is 0. The fourth-order valence-corrected chi connectivity index (χ4v) is 2.03. The van der Waals surface area contributed by atoms with Gasteiger partial charge in [0.25, 0.3) is 0 Å². The van der Waals surface area contributed by atoms with Gasteiger partial charge in [-0.1, -0.05) is 36.4 Å². The van der Waals surface area contributed by atoms with Crippen molar-refractivity contribution in [2.24, 2.45) is 0 Å². The first kappa shape index (κ1) is 9.72. The van der Waals surface area contributed by atoms with E-state index in [0.29, 0.717) is 10.3 Å². The molecule has 1 aromatic heterocycles. The van der Waals surface area contributed by atoms with Gasteiger partial charge in [-0.05, 0) is 21.6 Å². The lowest BCUT2D eigenvalue weighted by Crippen LogP contribution is -2.26. The van der Waals surface area contributed by atoms with E-state index >= 15 is 0 Å². The van der Waals surface area contributed by atoms with Crippen molar-refractivity contribution in [1.82, 2.24) is 4.73 Å². The van der Waals surface area contributed by atoms with Gasteiger partial charge >= 0.3 is 5.82 Å². The van der Waals surface area contributed by atoms with Crippen molar-refractivity contribution in [3.8, 4) is 11.4 Å². The normalized spacial score (nSPS) is 10.8. The van der Waals surface area contributed by atoms with Gasteiger partial charge < -0.3 is 10.4 Å². The molecule has 3 aromatic rings. The van der Waals surface area contributed by atoms with Gasteiger partial charge in [0.1, 0.15) is 6.20 Å². The minimum absolute atomic E-state index is 0.224. The van der Waals surface area contributed by atoms with Crippen LogP contribution in [0.1, 0.15) is 0 Å². The first-order chi connectivity index (χ1) is 8.27. The standard InChI is InChI=1S/C13H10N2O2/c16-14-8-9-15(17)13(14)12-7-3-5-10-4-1-2-6-11(10)12/h1-9,16H. The smallest absolute Gasteiger partial charge is 0.331 e. The summed E-state index contributed by atoms with van der Waals surface area (Å²) in [5, 5.41) is 23.2. The van der Waals surface area contributed by atoms with Crippen LogP contribution in [0.2, 0.25) is 0 Å². The van der Waals surface area contributed by atoms with Gasteiger partial charge in [-0.25, -0.2) is 4.73 Å². The number of fused-ring (bicyclic) bond motifs is 1. The van der Waals surface area contributed by atoms with E-state index < -0.39 is 0 Å². The van der Waals surface area contributed by atoms with Crippen LogP contribution in [-0.4, -0.2) is 9.94 Å². The highest BCUT2D eigenvalue weighted by Crippen LogP contribution is 2.25. The number of imidazole rings is 1. The molecule has 0 amide bonds. The summed E-state index contributed by atoms with van der Waals surface area (Å²) in [5.74, 6) is 0.224. The summed E-state index contributed by atoms with van der Waals surface area (Å²) >= 11 is 0. The van der Waals surface area contributed by atoms with Crippen molar-refractivity contribution < 1.29 is 9.94 Å². The summed E-state index contributed by atoms with van der Waals surface area (Å²) in [6, 6.07) is 13.4. The first-order valence-corrected chi connectivity index (χ1v) is 5.25. The molecule has 0 saturated heterocycles. The second-order valence-corrected chi connectivity index (χ2v) is 3.82. The second-order valence-electron chi connectivity index (χ2n) is 3.82. The number of nitrogens with zero attached hydrogens (tertiary/aromatic N) is 2. The molecule has 1 heterocycles. The Hall–Kier alpha value is -2.49. The molecule has 0 fully saturated rings. The molecule has 0 spiro atoms. The minimum Gasteiger partial charge on any atom is -0.710 e. The molecule has 4 nitrogen and oxygen atoms in total. The summed E-state index contributed by atoms with van der Waals surface area (Å²) in [6.07, 6.45) is 2.60. The molecule has 0 radical (unpaired) electrons. The first-order valence-electron chi connectivity index (χ1n) is 5.25. The molecule has 0 unspecified atom stereocenters. The van der Waals surface area contributed by atoms with Crippen molar-refractivity contribution >= 4 is 10.8 Å². The summed E-state index contributed by atoms with van der Waals surface area (Å²) in [7, 11) is 0.